The Hall–Kier alpha value is -1.30. The lowest BCUT2D eigenvalue weighted by molar-refractivity contribution is -0.136. The first-order valence-corrected chi connectivity index (χ1v) is 8.50. The highest BCUT2D eigenvalue weighted by molar-refractivity contribution is 6.35. The van der Waals surface area contributed by atoms with Crippen molar-refractivity contribution in [2.75, 3.05) is 24.5 Å². The Morgan fingerprint density at radius 1 is 1.17 bits per heavy atom. The van der Waals surface area contributed by atoms with Gasteiger partial charge >= 0.3 is 0 Å². The van der Waals surface area contributed by atoms with Gasteiger partial charge in [-0.25, -0.2) is 0 Å². The third kappa shape index (κ3) is 3.62. The van der Waals surface area contributed by atoms with Crippen LogP contribution in [0.15, 0.2) is 18.2 Å². The van der Waals surface area contributed by atoms with E-state index in [4.69, 9.17) is 28.9 Å². The van der Waals surface area contributed by atoms with E-state index in [1.54, 1.807) is 28.0 Å². The summed E-state index contributed by atoms with van der Waals surface area (Å²) < 4.78 is 0. The van der Waals surface area contributed by atoms with Crippen molar-refractivity contribution in [3.63, 3.8) is 0 Å². The van der Waals surface area contributed by atoms with Gasteiger partial charge in [-0.1, -0.05) is 23.2 Å². The highest BCUT2D eigenvalue weighted by Crippen LogP contribution is 2.31. The molecule has 23 heavy (non-hydrogen) atoms. The lowest BCUT2D eigenvalue weighted by Gasteiger charge is -2.32. The molecule has 0 saturated carbocycles. The summed E-state index contributed by atoms with van der Waals surface area (Å²) in [6, 6.07) is 5.03. The number of carbonyl (C=O) groups excluding carboxylic acids is 2. The molecule has 2 atom stereocenters. The number of amides is 2. The Morgan fingerprint density at radius 2 is 1.87 bits per heavy atom. The van der Waals surface area contributed by atoms with Crippen molar-refractivity contribution < 1.29 is 9.59 Å². The number of hydrogen-bond acceptors (Lipinski definition) is 3. The zero-order valence-corrected chi connectivity index (χ0v) is 14.2. The summed E-state index contributed by atoms with van der Waals surface area (Å²) in [5, 5.41) is 0.939. The van der Waals surface area contributed by atoms with Gasteiger partial charge in [0.2, 0.25) is 11.8 Å². The van der Waals surface area contributed by atoms with E-state index in [0.29, 0.717) is 28.8 Å². The molecule has 2 fully saturated rings. The van der Waals surface area contributed by atoms with Gasteiger partial charge < -0.3 is 15.5 Å². The first-order chi connectivity index (χ1) is 10.9. The maximum Gasteiger partial charge on any atom is 0.228 e. The number of hydrogen-bond donors (Lipinski definition) is 1. The van der Waals surface area contributed by atoms with Crippen molar-refractivity contribution in [2.45, 2.75) is 25.3 Å². The first-order valence-electron chi connectivity index (χ1n) is 7.75. The molecule has 2 aliphatic heterocycles. The minimum absolute atomic E-state index is 0.0177. The number of nitrogens with two attached hydrogens (primary N) is 1. The Balaban J connectivity index is 1.73. The highest BCUT2D eigenvalue weighted by Gasteiger charge is 2.38. The third-order valence-corrected chi connectivity index (χ3v) is 4.84. The van der Waals surface area contributed by atoms with Gasteiger partial charge in [0.05, 0.1) is 5.92 Å². The van der Waals surface area contributed by atoms with E-state index in [1.807, 2.05) is 0 Å². The SMILES string of the molecule is NC1CCCN(C(=O)C2CC(=O)N(c3cc(Cl)cc(Cl)c3)C2)C1. The van der Waals surface area contributed by atoms with Gasteiger partial charge in [0.15, 0.2) is 0 Å². The van der Waals surface area contributed by atoms with Crippen LogP contribution in [0.2, 0.25) is 10.0 Å². The summed E-state index contributed by atoms with van der Waals surface area (Å²) in [5.41, 5.74) is 6.58. The number of halogens is 2. The van der Waals surface area contributed by atoms with E-state index in [-0.39, 0.29) is 30.2 Å². The van der Waals surface area contributed by atoms with E-state index < -0.39 is 0 Å². The van der Waals surface area contributed by atoms with Crippen LogP contribution in [-0.2, 0) is 9.59 Å². The van der Waals surface area contributed by atoms with Crippen molar-refractivity contribution in [1.29, 1.82) is 0 Å². The minimum Gasteiger partial charge on any atom is -0.341 e. The van der Waals surface area contributed by atoms with E-state index in [2.05, 4.69) is 0 Å². The fourth-order valence-corrected chi connectivity index (χ4v) is 3.80. The Bertz CT molecular complexity index is 618. The molecule has 0 radical (unpaired) electrons. The van der Waals surface area contributed by atoms with Crippen LogP contribution in [-0.4, -0.2) is 42.4 Å². The van der Waals surface area contributed by atoms with Crippen LogP contribution >= 0.6 is 23.2 Å². The molecule has 2 N–H and O–H groups in total. The van der Waals surface area contributed by atoms with Crippen LogP contribution in [0.5, 0.6) is 0 Å². The maximum atomic E-state index is 12.6. The zero-order valence-electron chi connectivity index (χ0n) is 12.7. The van der Waals surface area contributed by atoms with Crippen LogP contribution in [0, 0.1) is 5.92 Å². The number of piperidine rings is 1. The quantitative estimate of drug-likeness (QED) is 0.884. The van der Waals surface area contributed by atoms with Crippen molar-refractivity contribution in [2.24, 2.45) is 11.7 Å². The normalized spacial score (nSPS) is 25.1. The molecule has 5 nitrogen and oxygen atoms in total. The monoisotopic (exact) mass is 355 g/mol. The third-order valence-electron chi connectivity index (χ3n) is 4.40. The van der Waals surface area contributed by atoms with E-state index >= 15 is 0 Å². The van der Waals surface area contributed by atoms with Crippen molar-refractivity contribution in [3.05, 3.63) is 28.2 Å². The number of carbonyl (C=O) groups is 2. The molecule has 0 bridgehead atoms. The highest BCUT2D eigenvalue weighted by atomic mass is 35.5. The average molecular weight is 356 g/mol. The molecule has 2 saturated heterocycles. The van der Waals surface area contributed by atoms with Crippen LogP contribution in [0.25, 0.3) is 0 Å². The molecule has 0 aliphatic carbocycles. The van der Waals surface area contributed by atoms with Crippen molar-refractivity contribution in [1.82, 2.24) is 4.90 Å². The van der Waals surface area contributed by atoms with E-state index in [1.165, 1.54) is 0 Å². The second-order valence-electron chi connectivity index (χ2n) is 6.22. The summed E-state index contributed by atoms with van der Waals surface area (Å²) in [5.74, 6) is -0.391. The van der Waals surface area contributed by atoms with Gasteiger partial charge in [-0.2, -0.15) is 0 Å². The molecule has 1 aromatic carbocycles. The number of rotatable bonds is 2. The number of anilines is 1. The summed E-state index contributed by atoms with van der Waals surface area (Å²) in [7, 11) is 0. The molecule has 1 aromatic rings. The van der Waals surface area contributed by atoms with Crippen LogP contribution in [0.4, 0.5) is 5.69 Å². The average Bonchev–Trinajstić information content (AvgIpc) is 2.87. The molecule has 2 heterocycles. The maximum absolute atomic E-state index is 12.6. The van der Waals surface area contributed by atoms with Gasteiger partial charge in [0, 0.05) is 47.8 Å². The molecule has 2 unspecified atom stereocenters. The van der Waals surface area contributed by atoms with Crippen molar-refractivity contribution >= 4 is 40.7 Å². The Kier molecular flexibility index (Phi) is 4.80. The molecule has 2 aliphatic rings. The molecule has 2 amide bonds. The topological polar surface area (TPSA) is 66.6 Å². The Labute approximate surface area is 145 Å². The van der Waals surface area contributed by atoms with Gasteiger partial charge in [-0.15, -0.1) is 0 Å². The minimum atomic E-state index is -0.328. The zero-order chi connectivity index (χ0) is 16.6. The summed E-state index contributed by atoms with van der Waals surface area (Å²) in [4.78, 5) is 28.3. The van der Waals surface area contributed by atoms with Crippen LogP contribution in [0.3, 0.4) is 0 Å². The summed E-state index contributed by atoms with van der Waals surface area (Å²) in [6.45, 7) is 1.66. The number of benzene rings is 1. The van der Waals surface area contributed by atoms with Crippen LogP contribution in [0.1, 0.15) is 19.3 Å². The van der Waals surface area contributed by atoms with Gasteiger partial charge in [0.1, 0.15) is 0 Å². The predicted molar refractivity (Wildman–Crippen MR) is 90.7 cm³/mol. The first kappa shape index (κ1) is 16.6. The van der Waals surface area contributed by atoms with Gasteiger partial charge in [-0.05, 0) is 31.0 Å². The van der Waals surface area contributed by atoms with Crippen LogP contribution < -0.4 is 10.6 Å². The molecule has 7 heteroatoms. The van der Waals surface area contributed by atoms with Gasteiger partial charge in [0.25, 0.3) is 0 Å². The van der Waals surface area contributed by atoms with Gasteiger partial charge in [-0.3, -0.25) is 9.59 Å². The summed E-state index contributed by atoms with van der Waals surface area (Å²) >= 11 is 12.0. The molecule has 3 rings (SSSR count). The largest absolute Gasteiger partial charge is 0.341 e. The molecular weight excluding hydrogens is 337 g/mol. The summed E-state index contributed by atoms with van der Waals surface area (Å²) in [6.07, 6.45) is 2.08. The lowest BCUT2D eigenvalue weighted by Crippen LogP contribution is -2.48. The standard InChI is InChI=1S/C16H19Cl2N3O2/c17-11-5-12(18)7-14(6-11)21-8-10(4-15(21)22)16(23)20-3-1-2-13(19)9-20/h5-7,10,13H,1-4,8-9,19H2. The lowest BCUT2D eigenvalue weighted by atomic mass is 10.0. The second kappa shape index (κ2) is 6.67. The number of likely N-dealkylation sites (tertiary alicyclic amines) is 1. The van der Waals surface area contributed by atoms with E-state index in [9.17, 15) is 9.59 Å². The fraction of sp³-hybridized carbons (Fsp3) is 0.500. The number of nitrogens with zero attached hydrogens (tertiary/aromatic N) is 2. The van der Waals surface area contributed by atoms with Crippen molar-refractivity contribution in [3.8, 4) is 0 Å². The fourth-order valence-electron chi connectivity index (χ4n) is 3.29. The smallest absolute Gasteiger partial charge is 0.228 e. The van der Waals surface area contributed by atoms with E-state index in [0.717, 1.165) is 19.4 Å². The Morgan fingerprint density at radius 3 is 2.52 bits per heavy atom. The molecular formula is C16H19Cl2N3O2. The molecule has 0 aromatic heterocycles. The molecule has 0 spiro atoms. The molecule has 124 valence electrons. The second-order valence-corrected chi connectivity index (χ2v) is 7.09. The predicted octanol–water partition coefficient (Wildman–Crippen LogP) is 2.30.